The van der Waals surface area contributed by atoms with Gasteiger partial charge in [0.2, 0.25) is 5.15 Å². The minimum atomic E-state index is -0.673. The van der Waals surface area contributed by atoms with Crippen LogP contribution in [0.2, 0.25) is 5.15 Å². The quantitative estimate of drug-likeness (QED) is 0.327. The Kier molecular flexibility index (Phi) is 4.87. The number of methoxy groups -OCH3 is 1. The van der Waals surface area contributed by atoms with Crippen LogP contribution in [0.1, 0.15) is 6.42 Å². The maximum Gasteiger partial charge on any atom is 0.367 e. The SMILES string of the molecule is COCCCOc1ncnc(Cl)c1[N+](=O)[O-]. The van der Waals surface area contributed by atoms with Crippen molar-refractivity contribution in [1.29, 1.82) is 0 Å². The van der Waals surface area contributed by atoms with Gasteiger partial charge in [0.15, 0.2) is 0 Å². The molecule has 0 spiro atoms. The number of hydrogen-bond acceptors (Lipinski definition) is 6. The molecular formula is C8H10ClN3O4. The molecule has 1 aromatic heterocycles. The normalized spacial score (nSPS) is 10.1. The first-order chi connectivity index (χ1) is 7.66. The summed E-state index contributed by atoms with van der Waals surface area (Å²) in [6.45, 7) is 0.772. The second kappa shape index (κ2) is 6.19. The van der Waals surface area contributed by atoms with Crippen LogP contribution in [-0.4, -0.2) is 35.2 Å². The van der Waals surface area contributed by atoms with Crippen LogP contribution in [0.4, 0.5) is 5.69 Å². The molecule has 0 aliphatic carbocycles. The number of nitrogens with zero attached hydrogens (tertiary/aromatic N) is 3. The Morgan fingerprint density at radius 2 is 2.25 bits per heavy atom. The lowest BCUT2D eigenvalue weighted by Gasteiger charge is -2.05. The maximum atomic E-state index is 10.7. The fraction of sp³-hybridized carbons (Fsp3) is 0.500. The Labute approximate surface area is 96.5 Å². The van der Waals surface area contributed by atoms with Gasteiger partial charge in [0, 0.05) is 20.1 Å². The Morgan fingerprint density at radius 1 is 1.50 bits per heavy atom. The molecule has 1 aromatic rings. The molecule has 0 aliphatic rings. The number of ether oxygens (including phenoxy) is 2. The molecule has 0 unspecified atom stereocenters. The van der Waals surface area contributed by atoms with Crippen molar-refractivity contribution in [2.75, 3.05) is 20.3 Å². The van der Waals surface area contributed by atoms with Gasteiger partial charge >= 0.3 is 5.69 Å². The third-order valence-corrected chi connectivity index (χ3v) is 1.93. The molecule has 1 heterocycles. The van der Waals surface area contributed by atoms with Crippen molar-refractivity contribution in [3.05, 3.63) is 21.6 Å². The second-order valence-electron chi connectivity index (χ2n) is 2.77. The molecule has 0 saturated heterocycles. The molecule has 0 amide bonds. The van der Waals surface area contributed by atoms with E-state index in [0.717, 1.165) is 6.33 Å². The lowest BCUT2D eigenvalue weighted by atomic mass is 10.5. The molecule has 0 aliphatic heterocycles. The van der Waals surface area contributed by atoms with Crippen molar-refractivity contribution < 1.29 is 14.4 Å². The van der Waals surface area contributed by atoms with Gasteiger partial charge in [-0.05, 0) is 0 Å². The summed E-state index contributed by atoms with van der Waals surface area (Å²) in [6, 6.07) is 0. The molecule has 0 saturated carbocycles. The molecule has 8 heteroatoms. The van der Waals surface area contributed by atoms with E-state index in [9.17, 15) is 10.1 Å². The molecule has 0 bridgehead atoms. The van der Waals surface area contributed by atoms with Crippen LogP contribution in [0.25, 0.3) is 0 Å². The summed E-state index contributed by atoms with van der Waals surface area (Å²) in [5.41, 5.74) is -0.415. The van der Waals surface area contributed by atoms with Crippen molar-refractivity contribution in [3.63, 3.8) is 0 Å². The van der Waals surface area contributed by atoms with Gasteiger partial charge in [-0.2, -0.15) is 4.98 Å². The average molecular weight is 248 g/mol. The van der Waals surface area contributed by atoms with E-state index in [2.05, 4.69) is 9.97 Å². The maximum absolute atomic E-state index is 10.7. The Bertz CT molecular complexity index is 374. The molecule has 1 rings (SSSR count). The summed E-state index contributed by atoms with van der Waals surface area (Å²) in [5.74, 6) is -0.124. The van der Waals surface area contributed by atoms with E-state index in [0.29, 0.717) is 13.0 Å². The van der Waals surface area contributed by atoms with E-state index in [4.69, 9.17) is 21.1 Å². The molecule has 16 heavy (non-hydrogen) atoms. The summed E-state index contributed by atoms with van der Waals surface area (Å²) < 4.78 is 9.93. The van der Waals surface area contributed by atoms with E-state index < -0.39 is 10.6 Å². The van der Waals surface area contributed by atoms with Gasteiger partial charge in [0.1, 0.15) is 6.33 Å². The van der Waals surface area contributed by atoms with Crippen LogP contribution in [0.3, 0.4) is 0 Å². The van der Waals surface area contributed by atoms with Crippen LogP contribution in [-0.2, 0) is 4.74 Å². The first kappa shape index (κ1) is 12.6. The molecule has 0 radical (unpaired) electrons. The number of rotatable bonds is 6. The Balaban J connectivity index is 2.71. The zero-order valence-electron chi connectivity index (χ0n) is 8.55. The highest BCUT2D eigenvalue weighted by Crippen LogP contribution is 2.30. The van der Waals surface area contributed by atoms with Gasteiger partial charge < -0.3 is 9.47 Å². The van der Waals surface area contributed by atoms with Gasteiger partial charge in [-0.25, -0.2) is 4.98 Å². The van der Waals surface area contributed by atoms with Crippen LogP contribution in [0, 0.1) is 10.1 Å². The predicted octanol–water partition coefficient (Wildman–Crippen LogP) is 1.45. The van der Waals surface area contributed by atoms with Gasteiger partial charge in [-0.15, -0.1) is 0 Å². The lowest BCUT2D eigenvalue weighted by molar-refractivity contribution is -0.386. The zero-order valence-corrected chi connectivity index (χ0v) is 9.31. The van der Waals surface area contributed by atoms with Gasteiger partial charge in [-0.3, -0.25) is 10.1 Å². The molecule has 0 atom stereocenters. The summed E-state index contributed by atoms with van der Waals surface area (Å²) in [7, 11) is 1.56. The first-order valence-electron chi connectivity index (χ1n) is 4.43. The van der Waals surface area contributed by atoms with Crippen LogP contribution >= 0.6 is 11.6 Å². The van der Waals surface area contributed by atoms with Crippen molar-refractivity contribution in [2.24, 2.45) is 0 Å². The Morgan fingerprint density at radius 3 is 2.88 bits per heavy atom. The largest absolute Gasteiger partial charge is 0.473 e. The molecule has 88 valence electrons. The number of halogens is 1. The van der Waals surface area contributed by atoms with E-state index in [1.165, 1.54) is 0 Å². The van der Waals surface area contributed by atoms with E-state index in [-0.39, 0.29) is 17.6 Å². The summed E-state index contributed by atoms with van der Waals surface area (Å²) >= 11 is 5.57. The highest BCUT2D eigenvalue weighted by molar-refractivity contribution is 6.31. The third-order valence-electron chi connectivity index (χ3n) is 1.66. The van der Waals surface area contributed by atoms with E-state index >= 15 is 0 Å². The fourth-order valence-electron chi connectivity index (χ4n) is 0.974. The smallest absolute Gasteiger partial charge is 0.367 e. The standard InChI is InChI=1S/C8H10ClN3O4/c1-15-3-2-4-16-8-6(12(13)14)7(9)10-5-11-8/h5H,2-4H2,1H3. The molecular weight excluding hydrogens is 238 g/mol. The van der Waals surface area contributed by atoms with Crippen LogP contribution in [0.5, 0.6) is 5.88 Å². The minimum Gasteiger partial charge on any atom is -0.473 e. The lowest BCUT2D eigenvalue weighted by Crippen LogP contribution is -2.05. The van der Waals surface area contributed by atoms with Crippen LogP contribution < -0.4 is 4.74 Å². The summed E-state index contributed by atoms with van der Waals surface area (Å²) in [5, 5.41) is 10.4. The monoisotopic (exact) mass is 247 g/mol. The molecule has 0 fully saturated rings. The molecule has 7 nitrogen and oxygen atoms in total. The minimum absolute atomic E-state index is 0.124. The van der Waals surface area contributed by atoms with Gasteiger partial charge in [0.25, 0.3) is 5.88 Å². The predicted molar refractivity (Wildman–Crippen MR) is 55.7 cm³/mol. The summed E-state index contributed by atoms with van der Waals surface area (Å²) in [6.07, 6.45) is 1.72. The Hall–Kier alpha value is -1.47. The van der Waals surface area contributed by atoms with Gasteiger partial charge in [0.05, 0.1) is 11.5 Å². The topological polar surface area (TPSA) is 87.4 Å². The third kappa shape index (κ3) is 3.28. The van der Waals surface area contributed by atoms with Crippen molar-refractivity contribution in [3.8, 4) is 5.88 Å². The molecule has 0 N–H and O–H groups in total. The van der Waals surface area contributed by atoms with Crippen molar-refractivity contribution in [1.82, 2.24) is 9.97 Å². The van der Waals surface area contributed by atoms with E-state index in [1.54, 1.807) is 7.11 Å². The highest BCUT2D eigenvalue weighted by Gasteiger charge is 2.22. The van der Waals surface area contributed by atoms with Gasteiger partial charge in [-0.1, -0.05) is 11.6 Å². The zero-order chi connectivity index (χ0) is 12.0. The first-order valence-corrected chi connectivity index (χ1v) is 4.81. The number of hydrogen-bond donors (Lipinski definition) is 0. The van der Waals surface area contributed by atoms with Crippen molar-refractivity contribution >= 4 is 17.3 Å². The van der Waals surface area contributed by atoms with Crippen LogP contribution in [0.15, 0.2) is 6.33 Å². The van der Waals surface area contributed by atoms with Crippen molar-refractivity contribution in [2.45, 2.75) is 6.42 Å². The molecule has 0 aromatic carbocycles. The average Bonchev–Trinajstić information content (AvgIpc) is 2.24. The summed E-state index contributed by atoms with van der Waals surface area (Å²) in [4.78, 5) is 17.2. The number of nitro groups is 1. The fourth-order valence-corrected chi connectivity index (χ4v) is 1.17. The second-order valence-corrected chi connectivity index (χ2v) is 3.13. The highest BCUT2D eigenvalue weighted by atomic mass is 35.5. The van der Waals surface area contributed by atoms with E-state index in [1.807, 2.05) is 0 Å². The number of aromatic nitrogens is 2.